The molecule has 0 aliphatic heterocycles. The second kappa shape index (κ2) is 11.1. The van der Waals surface area contributed by atoms with Gasteiger partial charge in [0.25, 0.3) is 0 Å². The Labute approximate surface area is 171 Å². The van der Waals surface area contributed by atoms with Crippen molar-refractivity contribution >= 4 is 28.2 Å². The molecule has 0 atom stereocenters. The lowest BCUT2D eigenvalue weighted by molar-refractivity contribution is -0.130. The molecule has 0 bridgehead atoms. The third kappa shape index (κ3) is 6.30. The molecule has 28 heavy (non-hydrogen) atoms. The predicted octanol–water partition coefficient (Wildman–Crippen LogP) is 2.25. The number of hydrogen-bond acceptors (Lipinski definition) is 6. The van der Waals surface area contributed by atoms with E-state index in [4.69, 9.17) is 4.74 Å². The maximum absolute atomic E-state index is 12.5. The number of fused-ring (bicyclic) bond motifs is 1. The molecule has 0 unspecified atom stereocenters. The molecule has 1 aliphatic rings. The number of hydrogen-bond donors (Lipinski definition) is 1. The molecule has 1 heterocycles. The second-order valence-electron chi connectivity index (χ2n) is 7.24. The molecule has 8 heteroatoms. The van der Waals surface area contributed by atoms with Crippen molar-refractivity contribution in [2.45, 2.75) is 38.5 Å². The molecular formula is C20H30N4O3S. The van der Waals surface area contributed by atoms with Gasteiger partial charge in [-0.2, -0.15) is 5.26 Å². The lowest BCUT2D eigenvalue weighted by atomic mass is 10.1. The van der Waals surface area contributed by atoms with Gasteiger partial charge in [-0.15, -0.1) is 11.3 Å². The van der Waals surface area contributed by atoms with Gasteiger partial charge in [0.15, 0.2) is 0 Å². The first-order valence-corrected chi connectivity index (χ1v) is 10.5. The topological polar surface area (TPSA) is 85.7 Å². The molecule has 7 nitrogen and oxygen atoms in total. The van der Waals surface area contributed by atoms with E-state index in [0.29, 0.717) is 30.3 Å². The SMILES string of the molecule is COCCN(CCC(=O)Nc1sc2c(c1C#N)CCCCC2)CC(=O)N(C)C. The van der Waals surface area contributed by atoms with Gasteiger partial charge in [0.2, 0.25) is 11.8 Å². The van der Waals surface area contributed by atoms with Crippen LogP contribution in [0.15, 0.2) is 0 Å². The highest BCUT2D eigenvalue weighted by Gasteiger charge is 2.21. The van der Waals surface area contributed by atoms with Crippen LogP contribution in [0.25, 0.3) is 0 Å². The highest BCUT2D eigenvalue weighted by molar-refractivity contribution is 7.16. The van der Waals surface area contributed by atoms with Crippen LogP contribution in [0.3, 0.4) is 0 Å². The number of nitrogens with one attached hydrogen (secondary N) is 1. The summed E-state index contributed by atoms with van der Waals surface area (Å²) in [5, 5.41) is 13.2. The van der Waals surface area contributed by atoms with Gasteiger partial charge < -0.3 is 15.0 Å². The lowest BCUT2D eigenvalue weighted by Gasteiger charge is -2.22. The van der Waals surface area contributed by atoms with Gasteiger partial charge in [0.05, 0.1) is 18.7 Å². The average Bonchev–Trinajstić information content (AvgIpc) is 2.82. The fourth-order valence-electron chi connectivity index (χ4n) is 3.22. The Morgan fingerprint density at radius 3 is 2.64 bits per heavy atom. The number of nitrogens with zero attached hydrogens (tertiary/aromatic N) is 3. The van der Waals surface area contributed by atoms with E-state index in [1.165, 1.54) is 16.2 Å². The Morgan fingerprint density at radius 1 is 1.21 bits per heavy atom. The van der Waals surface area contributed by atoms with Crippen molar-refractivity contribution in [3.63, 3.8) is 0 Å². The van der Waals surface area contributed by atoms with Crippen LogP contribution in [0.2, 0.25) is 0 Å². The molecule has 1 N–H and O–H groups in total. The number of anilines is 1. The Morgan fingerprint density at radius 2 is 1.96 bits per heavy atom. The summed E-state index contributed by atoms with van der Waals surface area (Å²) in [6, 6.07) is 2.29. The zero-order valence-corrected chi connectivity index (χ0v) is 17.9. The number of nitriles is 1. The minimum absolute atomic E-state index is 0.00900. The van der Waals surface area contributed by atoms with Crippen LogP contribution >= 0.6 is 11.3 Å². The zero-order chi connectivity index (χ0) is 20.5. The molecule has 0 aromatic carbocycles. The van der Waals surface area contributed by atoms with E-state index < -0.39 is 0 Å². The molecule has 0 fully saturated rings. The number of aryl methyl sites for hydroxylation is 1. The van der Waals surface area contributed by atoms with Gasteiger partial charge in [0, 0.05) is 45.6 Å². The summed E-state index contributed by atoms with van der Waals surface area (Å²) in [6.07, 6.45) is 5.60. The molecule has 0 saturated heterocycles. The number of methoxy groups -OCH3 is 1. The summed E-state index contributed by atoms with van der Waals surface area (Å²) in [7, 11) is 5.05. The number of carbonyl (C=O) groups is 2. The van der Waals surface area contributed by atoms with E-state index in [0.717, 1.165) is 31.2 Å². The van der Waals surface area contributed by atoms with E-state index in [1.54, 1.807) is 32.5 Å². The first-order valence-electron chi connectivity index (χ1n) is 9.72. The Kier molecular flexibility index (Phi) is 8.90. The third-order valence-electron chi connectivity index (χ3n) is 4.91. The van der Waals surface area contributed by atoms with Crippen LogP contribution in [0.1, 0.15) is 41.7 Å². The number of rotatable bonds is 9. The number of likely N-dealkylation sites (N-methyl/N-ethyl adjacent to an activating group) is 1. The summed E-state index contributed by atoms with van der Waals surface area (Å²) in [6.45, 7) is 1.79. The van der Waals surface area contributed by atoms with Gasteiger partial charge >= 0.3 is 0 Å². The van der Waals surface area contributed by atoms with Crippen molar-refractivity contribution in [1.82, 2.24) is 9.80 Å². The maximum atomic E-state index is 12.5. The second-order valence-corrected chi connectivity index (χ2v) is 8.34. The molecule has 2 amide bonds. The molecular weight excluding hydrogens is 376 g/mol. The minimum atomic E-state index is -0.132. The zero-order valence-electron chi connectivity index (χ0n) is 17.0. The molecule has 0 radical (unpaired) electrons. The van der Waals surface area contributed by atoms with E-state index in [1.807, 2.05) is 4.90 Å². The van der Waals surface area contributed by atoms with Crippen LogP contribution in [-0.4, -0.2) is 69.1 Å². The summed E-state index contributed by atoms with van der Waals surface area (Å²) in [5.41, 5.74) is 1.76. The van der Waals surface area contributed by atoms with Gasteiger partial charge in [-0.05, 0) is 31.2 Å². The van der Waals surface area contributed by atoms with Gasteiger partial charge in [-0.25, -0.2) is 0 Å². The summed E-state index contributed by atoms with van der Waals surface area (Å²) in [5.74, 6) is -0.141. The van der Waals surface area contributed by atoms with E-state index in [9.17, 15) is 14.9 Å². The Hall–Kier alpha value is -1.95. The standard InChI is InChI=1S/C20H30N4O3S/c1-23(2)19(26)14-24(11-12-27-3)10-9-18(25)22-20-16(13-21)15-7-5-4-6-8-17(15)28-20/h4-12,14H2,1-3H3,(H,22,25). The Bertz CT molecular complexity index is 724. The van der Waals surface area contributed by atoms with Crippen LogP contribution in [0.4, 0.5) is 5.00 Å². The maximum Gasteiger partial charge on any atom is 0.236 e. The minimum Gasteiger partial charge on any atom is -0.383 e. The van der Waals surface area contributed by atoms with Crippen molar-refractivity contribution in [3.05, 3.63) is 16.0 Å². The van der Waals surface area contributed by atoms with Crippen molar-refractivity contribution < 1.29 is 14.3 Å². The van der Waals surface area contributed by atoms with Crippen LogP contribution in [0.5, 0.6) is 0 Å². The van der Waals surface area contributed by atoms with Gasteiger partial charge in [-0.3, -0.25) is 14.5 Å². The number of carbonyl (C=O) groups excluding carboxylic acids is 2. The van der Waals surface area contributed by atoms with E-state index in [2.05, 4.69) is 11.4 Å². The van der Waals surface area contributed by atoms with Crippen molar-refractivity contribution in [1.29, 1.82) is 5.26 Å². The first-order chi connectivity index (χ1) is 13.5. The number of thiophene rings is 1. The van der Waals surface area contributed by atoms with Gasteiger partial charge in [0.1, 0.15) is 11.1 Å². The number of ether oxygens (including phenoxy) is 1. The fraction of sp³-hybridized carbons (Fsp3) is 0.650. The quantitative estimate of drug-likeness (QED) is 0.636. The van der Waals surface area contributed by atoms with E-state index >= 15 is 0 Å². The number of amides is 2. The fourth-order valence-corrected chi connectivity index (χ4v) is 4.48. The molecule has 1 aromatic heterocycles. The normalized spacial score (nSPS) is 13.5. The van der Waals surface area contributed by atoms with Crippen LogP contribution < -0.4 is 5.32 Å². The smallest absolute Gasteiger partial charge is 0.236 e. The average molecular weight is 407 g/mol. The molecule has 0 saturated carbocycles. The molecule has 2 rings (SSSR count). The molecule has 0 spiro atoms. The predicted molar refractivity (Wildman–Crippen MR) is 111 cm³/mol. The third-order valence-corrected chi connectivity index (χ3v) is 6.12. The molecule has 154 valence electrons. The van der Waals surface area contributed by atoms with Crippen molar-refractivity contribution in [2.24, 2.45) is 0 Å². The van der Waals surface area contributed by atoms with Crippen molar-refractivity contribution in [3.8, 4) is 6.07 Å². The summed E-state index contributed by atoms with van der Waals surface area (Å²) < 4.78 is 5.10. The molecule has 1 aliphatic carbocycles. The Balaban J connectivity index is 1.97. The van der Waals surface area contributed by atoms with Crippen LogP contribution in [0, 0.1) is 11.3 Å². The summed E-state index contributed by atoms with van der Waals surface area (Å²) >= 11 is 1.54. The lowest BCUT2D eigenvalue weighted by Crippen LogP contribution is -2.39. The van der Waals surface area contributed by atoms with Crippen molar-refractivity contribution in [2.75, 3.05) is 52.8 Å². The monoisotopic (exact) mass is 406 g/mol. The van der Waals surface area contributed by atoms with Crippen LogP contribution in [-0.2, 0) is 27.2 Å². The summed E-state index contributed by atoms with van der Waals surface area (Å²) in [4.78, 5) is 29.2. The highest BCUT2D eigenvalue weighted by atomic mass is 32.1. The van der Waals surface area contributed by atoms with E-state index in [-0.39, 0.29) is 24.8 Å². The van der Waals surface area contributed by atoms with Gasteiger partial charge in [-0.1, -0.05) is 6.42 Å². The molecule has 1 aromatic rings. The first kappa shape index (κ1) is 22.3. The highest BCUT2D eigenvalue weighted by Crippen LogP contribution is 2.36. The largest absolute Gasteiger partial charge is 0.383 e.